The van der Waals surface area contributed by atoms with Crippen LogP contribution in [0.25, 0.3) is 0 Å². The van der Waals surface area contributed by atoms with E-state index in [2.05, 4.69) is 15.5 Å². The van der Waals surface area contributed by atoms with E-state index in [1.165, 1.54) is 19.2 Å². The van der Waals surface area contributed by atoms with Gasteiger partial charge < -0.3 is 19.3 Å². The molecule has 0 aliphatic heterocycles. The maximum absolute atomic E-state index is 12.4. The first-order valence-corrected chi connectivity index (χ1v) is 10.6. The Morgan fingerprint density at radius 1 is 1.25 bits per heavy atom. The second-order valence-electron chi connectivity index (χ2n) is 6.29. The Kier molecular flexibility index (Phi) is 7.94. The molecule has 154 valence electrons. The smallest absolute Gasteiger partial charge is 0.315 e. The van der Waals surface area contributed by atoms with Crippen molar-refractivity contribution in [3.8, 4) is 5.75 Å². The molecule has 9 nitrogen and oxygen atoms in total. The molecule has 0 radical (unpaired) electrons. The van der Waals surface area contributed by atoms with Gasteiger partial charge in [0.15, 0.2) is 15.7 Å². The van der Waals surface area contributed by atoms with Crippen LogP contribution in [0.4, 0.5) is 0 Å². The normalized spacial score (nSPS) is 11.6. The van der Waals surface area contributed by atoms with Crippen LogP contribution >= 0.6 is 0 Å². The van der Waals surface area contributed by atoms with E-state index in [4.69, 9.17) is 14.0 Å². The minimum absolute atomic E-state index is 0.0351. The van der Waals surface area contributed by atoms with Crippen molar-refractivity contribution in [2.45, 2.75) is 37.7 Å². The summed E-state index contributed by atoms with van der Waals surface area (Å²) in [6, 6.07) is 6.12. The Morgan fingerprint density at radius 3 is 2.61 bits per heavy atom. The van der Waals surface area contributed by atoms with Crippen molar-refractivity contribution in [2.24, 2.45) is 0 Å². The maximum Gasteiger partial charge on any atom is 0.315 e. The molecule has 2 rings (SSSR count). The van der Waals surface area contributed by atoms with Crippen LogP contribution in [0.2, 0.25) is 0 Å². The fourth-order valence-electron chi connectivity index (χ4n) is 2.24. The molecule has 0 saturated heterocycles. The predicted octanol–water partition coefficient (Wildman–Crippen LogP) is 1.64. The molecule has 0 fully saturated rings. The highest BCUT2D eigenvalue weighted by atomic mass is 32.2. The molecule has 0 aliphatic rings. The number of carbonyl (C=O) groups excluding carboxylic acids is 1. The number of aryl methyl sites for hydroxylation is 1. The third kappa shape index (κ3) is 6.61. The number of carbonyl (C=O) groups is 1. The fourth-order valence-corrected chi connectivity index (χ4v) is 3.48. The Balaban J connectivity index is 1.83. The fraction of sp³-hybridized carbons (Fsp3) is 0.500. The Morgan fingerprint density at radius 2 is 1.96 bits per heavy atom. The highest BCUT2D eigenvalue weighted by Crippen LogP contribution is 2.17. The number of methoxy groups -OCH3 is 1. The zero-order chi connectivity index (χ0) is 20.6. The molecule has 0 spiro atoms. The third-order valence-electron chi connectivity index (χ3n) is 3.73. The molecule has 10 heteroatoms. The molecule has 1 aromatic heterocycles. The van der Waals surface area contributed by atoms with Gasteiger partial charge in [-0.3, -0.25) is 4.79 Å². The molecule has 1 aromatic carbocycles. The van der Waals surface area contributed by atoms with E-state index in [0.29, 0.717) is 25.3 Å². The molecule has 2 aromatic rings. The number of amides is 1. The van der Waals surface area contributed by atoms with Gasteiger partial charge in [-0.05, 0) is 44.5 Å². The standard InChI is InChI=1S/C18H25N3O6S/c1-13(2)26-11-4-10-19-17(22)18-20-16(21-27-18)9-12-28(23,24)15-7-5-14(25-3)6-8-15/h5-8,13H,4,9-12H2,1-3H3,(H,19,22). The second-order valence-corrected chi connectivity index (χ2v) is 8.40. The highest BCUT2D eigenvalue weighted by molar-refractivity contribution is 7.91. The summed E-state index contributed by atoms with van der Waals surface area (Å²) in [5, 5.41) is 6.32. The van der Waals surface area contributed by atoms with Gasteiger partial charge in [-0.1, -0.05) is 5.16 Å². The van der Waals surface area contributed by atoms with E-state index >= 15 is 0 Å². The lowest BCUT2D eigenvalue weighted by Gasteiger charge is -2.06. The van der Waals surface area contributed by atoms with Crippen LogP contribution in [0.5, 0.6) is 5.75 Å². The molecule has 0 unspecified atom stereocenters. The monoisotopic (exact) mass is 411 g/mol. The SMILES string of the molecule is COc1ccc(S(=O)(=O)CCc2noc(C(=O)NCCCOC(C)C)n2)cc1. The Hall–Kier alpha value is -2.46. The highest BCUT2D eigenvalue weighted by Gasteiger charge is 2.19. The van der Waals surface area contributed by atoms with Crippen molar-refractivity contribution in [1.29, 1.82) is 0 Å². The first kappa shape index (κ1) is 21.8. The summed E-state index contributed by atoms with van der Waals surface area (Å²) in [6.45, 7) is 4.83. The number of aromatic nitrogens is 2. The number of sulfone groups is 1. The van der Waals surface area contributed by atoms with Crippen LogP contribution in [0, 0.1) is 0 Å². The average Bonchev–Trinajstić information content (AvgIpc) is 3.15. The van der Waals surface area contributed by atoms with E-state index < -0.39 is 15.7 Å². The molecule has 0 bridgehead atoms. The predicted molar refractivity (Wildman–Crippen MR) is 101 cm³/mol. The summed E-state index contributed by atoms with van der Waals surface area (Å²) in [4.78, 5) is 16.1. The van der Waals surface area contributed by atoms with Gasteiger partial charge in [-0.2, -0.15) is 4.98 Å². The van der Waals surface area contributed by atoms with Gasteiger partial charge in [0, 0.05) is 19.6 Å². The van der Waals surface area contributed by atoms with Crippen molar-refractivity contribution in [2.75, 3.05) is 26.0 Å². The van der Waals surface area contributed by atoms with Crippen LogP contribution in [-0.2, 0) is 21.0 Å². The van der Waals surface area contributed by atoms with Gasteiger partial charge in [0.1, 0.15) is 5.75 Å². The summed E-state index contributed by atoms with van der Waals surface area (Å²) in [6.07, 6.45) is 0.835. The molecule has 1 amide bonds. The van der Waals surface area contributed by atoms with E-state index in [-0.39, 0.29) is 34.9 Å². The second kappa shape index (κ2) is 10.2. The van der Waals surface area contributed by atoms with Crippen molar-refractivity contribution in [3.05, 3.63) is 36.0 Å². The van der Waals surface area contributed by atoms with Gasteiger partial charge in [0.05, 0.1) is 23.9 Å². The number of rotatable bonds is 11. The van der Waals surface area contributed by atoms with Crippen LogP contribution in [0.1, 0.15) is 36.8 Å². The van der Waals surface area contributed by atoms with Gasteiger partial charge in [0.2, 0.25) is 0 Å². The van der Waals surface area contributed by atoms with E-state index in [0.717, 1.165) is 0 Å². The third-order valence-corrected chi connectivity index (χ3v) is 5.47. The maximum atomic E-state index is 12.4. The number of ether oxygens (including phenoxy) is 2. The molecular formula is C18H25N3O6S. The van der Waals surface area contributed by atoms with Gasteiger partial charge in [-0.15, -0.1) is 0 Å². The van der Waals surface area contributed by atoms with Crippen LogP contribution in [-0.4, -0.2) is 56.6 Å². The first-order chi connectivity index (χ1) is 13.3. The van der Waals surface area contributed by atoms with Crippen molar-refractivity contribution < 1.29 is 27.2 Å². The zero-order valence-corrected chi connectivity index (χ0v) is 17.0. The Labute approximate surface area is 164 Å². The lowest BCUT2D eigenvalue weighted by molar-refractivity contribution is 0.0751. The van der Waals surface area contributed by atoms with Crippen LogP contribution in [0.15, 0.2) is 33.7 Å². The van der Waals surface area contributed by atoms with E-state index in [1.807, 2.05) is 13.8 Å². The van der Waals surface area contributed by atoms with Crippen LogP contribution < -0.4 is 10.1 Å². The summed E-state index contributed by atoms with van der Waals surface area (Å²) < 4.78 is 40.1. The number of benzene rings is 1. The van der Waals surface area contributed by atoms with Gasteiger partial charge in [0.25, 0.3) is 0 Å². The van der Waals surface area contributed by atoms with Crippen molar-refractivity contribution in [1.82, 2.24) is 15.5 Å². The largest absolute Gasteiger partial charge is 0.497 e. The number of nitrogens with one attached hydrogen (secondary N) is 1. The molecular weight excluding hydrogens is 386 g/mol. The number of nitrogens with zero attached hydrogens (tertiary/aromatic N) is 2. The van der Waals surface area contributed by atoms with Crippen molar-refractivity contribution >= 4 is 15.7 Å². The summed E-state index contributed by atoms with van der Waals surface area (Å²) in [5.41, 5.74) is 0. The quantitative estimate of drug-likeness (QED) is 0.554. The molecule has 1 N–H and O–H groups in total. The topological polar surface area (TPSA) is 121 Å². The zero-order valence-electron chi connectivity index (χ0n) is 16.2. The Bertz CT molecular complexity index is 862. The van der Waals surface area contributed by atoms with E-state index in [1.54, 1.807) is 12.1 Å². The summed E-state index contributed by atoms with van der Waals surface area (Å²) in [7, 11) is -2.01. The van der Waals surface area contributed by atoms with Crippen molar-refractivity contribution in [3.63, 3.8) is 0 Å². The first-order valence-electron chi connectivity index (χ1n) is 8.91. The number of hydrogen-bond donors (Lipinski definition) is 1. The molecule has 1 heterocycles. The van der Waals surface area contributed by atoms with Crippen LogP contribution in [0.3, 0.4) is 0 Å². The number of hydrogen-bond acceptors (Lipinski definition) is 8. The van der Waals surface area contributed by atoms with Gasteiger partial charge >= 0.3 is 11.8 Å². The summed E-state index contributed by atoms with van der Waals surface area (Å²) in [5.74, 6) is -0.163. The average molecular weight is 411 g/mol. The lowest BCUT2D eigenvalue weighted by Crippen LogP contribution is -2.26. The summed E-state index contributed by atoms with van der Waals surface area (Å²) >= 11 is 0. The van der Waals surface area contributed by atoms with E-state index in [9.17, 15) is 13.2 Å². The minimum atomic E-state index is -3.51. The lowest BCUT2D eigenvalue weighted by atomic mass is 10.3. The molecule has 0 aliphatic carbocycles. The molecule has 0 atom stereocenters. The molecule has 28 heavy (non-hydrogen) atoms. The molecule has 0 saturated carbocycles. The van der Waals surface area contributed by atoms with Gasteiger partial charge in [-0.25, -0.2) is 8.42 Å². The minimum Gasteiger partial charge on any atom is -0.497 e.